The van der Waals surface area contributed by atoms with Crippen LogP contribution in [-0.2, 0) is 4.79 Å². The molecule has 3 saturated heterocycles. The second-order valence-corrected chi connectivity index (χ2v) is 7.97. The number of likely N-dealkylation sites (N-methyl/N-ethyl adjacent to an activating group) is 1. The minimum atomic E-state index is -0.299. The Hall–Kier alpha value is -2.74. The first-order valence-electron chi connectivity index (χ1n) is 9.65. The number of amides is 2. The Labute approximate surface area is 163 Å². The van der Waals surface area contributed by atoms with Crippen molar-refractivity contribution < 1.29 is 9.59 Å². The number of hydrogen-bond acceptors (Lipinski definition) is 5. The Morgan fingerprint density at radius 1 is 1.18 bits per heavy atom. The van der Waals surface area contributed by atoms with Crippen molar-refractivity contribution in [3.63, 3.8) is 0 Å². The molecule has 4 heterocycles. The summed E-state index contributed by atoms with van der Waals surface area (Å²) in [4.78, 5) is 50.2. The van der Waals surface area contributed by atoms with E-state index in [9.17, 15) is 14.4 Å². The molecule has 0 unspecified atom stereocenters. The minimum absolute atomic E-state index is 0.0259. The lowest BCUT2D eigenvalue weighted by molar-refractivity contribution is -0.129. The van der Waals surface area contributed by atoms with Crippen LogP contribution in [-0.4, -0.2) is 82.8 Å². The molecule has 1 aromatic carbocycles. The highest BCUT2D eigenvalue weighted by Gasteiger charge is 2.38. The lowest BCUT2D eigenvalue weighted by Crippen LogP contribution is -2.48. The van der Waals surface area contributed by atoms with Crippen LogP contribution in [0.15, 0.2) is 29.1 Å². The molecule has 0 aliphatic carbocycles. The molecular weight excluding hydrogens is 358 g/mol. The van der Waals surface area contributed by atoms with E-state index in [0.29, 0.717) is 36.5 Å². The molecule has 1 aromatic heterocycles. The summed E-state index contributed by atoms with van der Waals surface area (Å²) in [7, 11) is 3.51. The lowest BCUT2D eigenvalue weighted by atomic mass is 9.95. The van der Waals surface area contributed by atoms with Crippen LogP contribution in [0.25, 0.3) is 10.9 Å². The monoisotopic (exact) mass is 383 g/mol. The van der Waals surface area contributed by atoms with Gasteiger partial charge in [-0.25, -0.2) is 4.98 Å². The number of H-pyrrole nitrogens is 1. The molecule has 8 heteroatoms. The number of aromatic nitrogens is 2. The fourth-order valence-corrected chi connectivity index (χ4v) is 4.21. The number of carbonyl (C=O) groups excluding carboxylic acids is 2. The fraction of sp³-hybridized carbons (Fsp3) is 0.500. The predicted molar refractivity (Wildman–Crippen MR) is 105 cm³/mol. The Balaban J connectivity index is 1.57. The summed E-state index contributed by atoms with van der Waals surface area (Å²) < 4.78 is 0. The molecule has 2 aromatic rings. The van der Waals surface area contributed by atoms with Crippen molar-refractivity contribution in [1.82, 2.24) is 24.7 Å². The van der Waals surface area contributed by atoms with Crippen LogP contribution >= 0.6 is 0 Å². The van der Waals surface area contributed by atoms with Crippen LogP contribution in [0.2, 0.25) is 0 Å². The number of rotatable bonds is 3. The lowest BCUT2D eigenvalue weighted by Gasteiger charge is -2.35. The third-order valence-corrected chi connectivity index (χ3v) is 5.72. The summed E-state index contributed by atoms with van der Waals surface area (Å²) in [6, 6.07) is 7.04. The summed E-state index contributed by atoms with van der Waals surface area (Å²) in [5.74, 6) is 0.245. The third kappa shape index (κ3) is 3.52. The molecule has 2 atom stereocenters. The predicted octanol–water partition coefficient (Wildman–Crippen LogP) is 0.548. The van der Waals surface area contributed by atoms with Crippen LogP contribution in [0.3, 0.4) is 0 Å². The van der Waals surface area contributed by atoms with E-state index in [0.717, 1.165) is 19.4 Å². The van der Waals surface area contributed by atoms with Gasteiger partial charge in [0.2, 0.25) is 5.91 Å². The van der Waals surface area contributed by atoms with Crippen molar-refractivity contribution in [2.75, 3.05) is 40.3 Å². The maximum Gasteiger partial charge on any atom is 0.290 e. The Morgan fingerprint density at radius 3 is 2.75 bits per heavy atom. The maximum atomic E-state index is 13.2. The van der Waals surface area contributed by atoms with E-state index in [1.165, 1.54) is 0 Å². The van der Waals surface area contributed by atoms with E-state index in [4.69, 9.17) is 0 Å². The number of para-hydroxylation sites is 1. The number of piperidine rings is 1. The van der Waals surface area contributed by atoms with E-state index in [1.807, 2.05) is 4.90 Å². The Bertz CT molecular complexity index is 970. The van der Waals surface area contributed by atoms with Crippen molar-refractivity contribution in [2.45, 2.75) is 18.9 Å². The second kappa shape index (κ2) is 7.35. The average Bonchev–Trinajstić information content (AvgIpc) is 2.98. The van der Waals surface area contributed by atoms with Crippen LogP contribution < -0.4 is 5.56 Å². The quantitative estimate of drug-likeness (QED) is 0.836. The highest BCUT2D eigenvalue weighted by atomic mass is 16.2. The van der Waals surface area contributed by atoms with Crippen molar-refractivity contribution in [3.05, 3.63) is 40.4 Å². The Morgan fingerprint density at radius 2 is 1.96 bits per heavy atom. The maximum absolute atomic E-state index is 13.2. The number of nitrogens with zero attached hydrogens (tertiary/aromatic N) is 4. The molecule has 3 aliphatic rings. The molecular formula is C20H25N5O3. The van der Waals surface area contributed by atoms with Crippen molar-refractivity contribution >= 4 is 22.7 Å². The fourth-order valence-electron chi connectivity index (χ4n) is 4.21. The zero-order valence-electron chi connectivity index (χ0n) is 16.2. The molecule has 0 radical (unpaired) electrons. The number of fused-ring (bicyclic) bond motifs is 5. The summed E-state index contributed by atoms with van der Waals surface area (Å²) in [5.41, 5.74) is 0.222. The van der Waals surface area contributed by atoms with E-state index in [1.54, 1.807) is 43.3 Å². The molecule has 148 valence electrons. The molecule has 2 amide bonds. The van der Waals surface area contributed by atoms with E-state index in [2.05, 4.69) is 14.9 Å². The van der Waals surface area contributed by atoms with Crippen LogP contribution in [0.5, 0.6) is 0 Å². The number of nitrogens with one attached hydrogen (secondary N) is 1. The van der Waals surface area contributed by atoms with Gasteiger partial charge in [0, 0.05) is 39.8 Å². The van der Waals surface area contributed by atoms with E-state index >= 15 is 0 Å². The number of hydrogen-bond donors (Lipinski definition) is 1. The van der Waals surface area contributed by atoms with Crippen LogP contribution in [0.4, 0.5) is 0 Å². The molecule has 5 rings (SSSR count). The van der Waals surface area contributed by atoms with E-state index < -0.39 is 0 Å². The standard InChI is InChI=1S/C20H25N5O3/c1-23(2)17(26)12-24-9-13-7-8-14(11-24)25(10-13)20(28)18-21-16-6-4-3-5-15(16)19(27)22-18/h3-6,13-14H,7-12H2,1-2H3,(H,21,22,27)/t13-,14+/m0/s1. The smallest absolute Gasteiger partial charge is 0.290 e. The van der Waals surface area contributed by atoms with Crippen molar-refractivity contribution in [2.24, 2.45) is 5.92 Å². The first-order chi connectivity index (χ1) is 13.4. The topological polar surface area (TPSA) is 89.6 Å². The highest BCUT2D eigenvalue weighted by molar-refractivity contribution is 5.93. The summed E-state index contributed by atoms with van der Waals surface area (Å²) in [5, 5.41) is 0.477. The zero-order valence-corrected chi connectivity index (χ0v) is 16.2. The molecule has 1 N–H and O–H groups in total. The molecule has 0 saturated carbocycles. The SMILES string of the molecule is CN(C)C(=O)CN1C[C@@H]2CC[C@H](C1)N(C(=O)c1nc3ccccc3c(=O)[nH]1)C2. The highest BCUT2D eigenvalue weighted by Crippen LogP contribution is 2.28. The van der Waals surface area contributed by atoms with Crippen LogP contribution in [0, 0.1) is 5.92 Å². The van der Waals surface area contributed by atoms with Gasteiger partial charge in [-0.3, -0.25) is 19.3 Å². The zero-order chi connectivity index (χ0) is 19.8. The Kier molecular flexibility index (Phi) is 4.89. The van der Waals surface area contributed by atoms with Crippen LogP contribution in [0.1, 0.15) is 23.5 Å². The van der Waals surface area contributed by atoms with Gasteiger partial charge in [-0.2, -0.15) is 0 Å². The molecule has 0 spiro atoms. The molecule has 28 heavy (non-hydrogen) atoms. The molecule has 8 nitrogen and oxygen atoms in total. The van der Waals surface area contributed by atoms with Crippen molar-refractivity contribution in [3.8, 4) is 0 Å². The van der Waals surface area contributed by atoms with Gasteiger partial charge in [0.15, 0.2) is 5.82 Å². The van der Waals surface area contributed by atoms with Gasteiger partial charge in [0.05, 0.1) is 17.4 Å². The van der Waals surface area contributed by atoms with Gasteiger partial charge in [0.25, 0.3) is 11.5 Å². The number of aromatic amines is 1. The van der Waals surface area contributed by atoms with Gasteiger partial charge >= 0.3 is 0 Å². The van der Waals surface area contributed by atoms with Gasteiger partial charge in [-0.05, 0) is 30.9 Å². The van der Waals surface area contributed by atoms with Gasteiger partial charge in [0.1, 0.15) is 0 Å². The summed E-state index contributed by atoms with van der Waals surface area (Å²) in [6.45, 7) is 2.47. The largest absolute Gasteiger partial charge is 0.348 e. The number of benzene rings is 1. The first kappa shape index (κ1) is 18.6. The second-order valence-electron chi connectivity index (χ2n) is 7.97. The molecule has 3 fully saturated rings. The van der Waals surface area contributed by atoms with Gasteiger partial charge < -0.3 is 14.8 Å². The number of carbonyl (C=O) groups is 2. The average molecular weight is 383 g/mol. The molecule has 2 bridgehead atoms. The summed E-state index contributed by atoms with van der Waals surface area (Å²) in [6.07, 6.45) is 1.95. The minimum Gasteiger partial charge on any atom is -0.348 e. The first-order valence-corrected chi connectivity index (χ1v) is 9.65. The van der Waals surface area contributed by atoms with Gasteiger partial charge in [-0.1, -0.05) is 12.1 Å². The van der Waals surface area contributed by atoms with E-state index in [-0.39, 0.29) is 29.2 Å². The molecule has 3 aliphatic heterocycles. The summed E-state index contributed by atoms with van der Waals surface area (Å²) >= 11 is 0. The van der Waals surface area contributed by atoms with Crippen molar-refractivity contribution in [1.29, 1.82) is 0 Å². The van der Waals surface area contributed by atoms with Gasteiger partial charge in [-0.15, -0.1) is 0 Å². The third-order valence-electron chi connectivity index (χ3n) is 5.72. The normalized spacial score (nSPS) is 22.3.